The van der Waals surface area contributed by atoms with E-state index in [0.29, 0.717) is 15.8 Å². The van der Waals surface area contributed by atoms with Crippen LogP contribution in [0.3, 0.4) is 0 Å². The van der Waals surface area contributed by atoms with Gasteiger partial charge in [-0.1, -0.05) is 22.0 Å². The molecule has 0 spiro atoms. The van der Waals surface area contributed by atoms with Gasteiger partial charge in [0.25, 0.3) is 11.7 Å². The summed E-state index contributed by atoms with van der Waals surface area (Å²) in [6.45, 7) is 0.123. The molecule has 1 unspecified atom stereocenters. The summed E-state index contributed by atoms with van der Waals surface area (Å²) in [5.74, 6) is -2.00. The van der Waals surface area contributed by atoms with E-state index in [1.807, 2.05) is 17.5 Å². The molecular formula is C23H17BrFNO4S. The Kier molecular flexibility index (Phi) is 5.93. The minimum absolute atomic E-state index is 0.123. The highest BCUT2D eigenvalue weighted by molar-refractivity contribution is 9.10. The van der Waals surface area contributed by atoms with Crippen LogP contribution in [0.1, 0.15) is 22.0 Å². The van der Waals surface area contributed by atoms with Crippen LogP contribution in [0.5, 0.6) is 5.75 Å². The van der Waals surface area contributed by atoms with E-state index in [1.165, 1.54) is 41.5 Å². The van der Waals surface area contributed by atoms with E-state index in [1.54, 1.807) is 24.3 Å². The number of benzene rings is 2. The Labute approximate surface area is 190 Å². The number of halogens is 2. The Bertz CT molecular complexity index is 1170. The van der Waals surface area contributed by atoms with Crippen molar-refractivity contribution in [2.75, 3.05) is 7.11 Å². The van der Waals surface area contributed by atoms with Crippen molar-refractivity contribution >= 4 is 44.7 Å². The minimum atomic E-state index is -1.07. The first-order chi connectivity index (χ1) is 14.9. The molecule has 31 heavy (non-hydrogen) atoms. The Morgan fingerprint density at radius 1 is 1.19 bits per heavy atom. The van der Waals surface area contributed by atoms with Crippen molar-refractivity contribution in [1.29, 1.82) is 0 Å². The second-order valence-electron chi connectivity index (χ2n) is 6.90. The van der Waals surface area contributed by atoms with Gasteiger partial charge in [0.15, 0.2) is 0 Å². The fourth-order valence-electron chi connectivity index (χ4n) is 3.57. The number of ether oxygens (including phenoxy) is 1. The number of aliphatic hydroxyl groups excluding tert-OH is 1. The van der Waals surface area contributed by atoms with E-state index in [4.69, 9.17) is 4.74 Å². The quantitative estimate of drug-likeness (QED) is 0.293. The molecule has 158 valence electrons. The molecule has 2 aromatic carbocycles. The van der Waals surface area contributed by atoms with E-state index in [-0.39, 0.29) is 23.4 Å². The smallest absolute Gasteiger partial charge is 0.295 e. The average molecular weight is 502 g/mol. The lowest BCUT2D eigenvalue weighted by Gasteiger charge is -2.25. The lowest BCUT2D eigenvalue weighted by Crippen LogP contribution is -2.29. The summed E-state index contributed by atoms with van der Waals surface area (Å²) < 4.78 is 20.6. The number of hydrogen-bond donors (Lipinski definition) is 1. The molecule has 0 aliphatic carbocycles. The third-order valence-corrected chi connectivity index (χ3v) is 6.42. The zero-order valence-corrected chi connectivity index (χ0v) is 18.7. The van der Waals surface area contributed by atoms with Gasteiger partial charge >= 0.3 is 0 Å². The molecule has 1 aliphatic heterocycles. The summed E-state index contributed by atoms with van der Waals surface area (Å²) >= 11 is 4.75. The van der Waals surface area contributed by atoms with Gasteiger partial charge < -0.3 is 14.7 Å². The van der Waals surface area contributed by atoms with Crippen molar-refractivity contribution in [2.45, 2.75) is 12.6 Å². The Morgan fingerprint density at radius 3 is 2.58 bits per heavy atom. The van der Waals surface area contributed by atoms with E-state index in [2.05, 4.69) is 15.9 Å². The number of Topliss-reactive ketones (excluding diaryl/α,β-unsaturated/α-hetero) is 1. The first-order valence-corrected chi connectivity index (χ1v) is 11.0. The number of rotatable bonds is 5. The molecule has 0 radical (unpaired) electrons. The van der Waals surface area contributed by atoms with Gasteiger partial charge in [0.1, 0.15) is 17.3 Å². The predicted molar refractivity (Wildman–Crippen MR) is 119 cm³/mol. The highest BCUT2D eigenvalue weighted by Gasteiger charge is 2.47. The van der Waals surface area contributed by atoms with Gasteiger partial charge in [-0.2, -0.15) is 0 Å². The molecule has 1 saturated heterocycles. The number of hydrogen-bond acceptors (Lipinski definition) is 5. The van der Waals surface area contributed by atoms with Crippen molar-refractivity contribution in [1.82, 2.24) is 4.90 Å². The van der Waals surface area contributed by atoms with Gasteiger partial charge in [0.05, 0.1) is 25.3 Å². The number of carbonyl (C=O) groups is 2. The Hall–Kier alpha value is -2.97. The molecule has 4 rings (SSSR count). The Morgan fingerprint density at radius 2 is 1.94 bits per heavy atom. The molecule has 1 N–H and O–H groups in total. The van der Waals surface area contributed by atoms with Crippen molar-refractivity contribution in [2.24, 2.45) is 0 Å². The number of nitrogens with zero attached hydrogens (tertiary/aromatic N) is 1. The van der Waals surface area contributed by atoms with Gasteiger partial charge in [0.2, 0.25) is 0 Å². The summed E-state index contributed by atoms with van der Waals surface area (Å²) in [6.07, 6.45) is 0. The third kappa shape index (κ3) is 4.00. The zero-order valence-electron chi connectivity index (χ0n) is 16.3. The van der Waals surface area contributed by atoms with Crippen LogP contribution in [0.4, 0.5) is 4.39 Å². The summed E-state index contributed by atoms with van der Waals surface area (Å²) in [6, 6.07) is 13.3. The summed E-state index contributed by atoms with van der Waals surface area (Å²) in [7, 11) is 1.51. The van der Waals surface area contributed by atoms with Crippen molar-refractivity contribution in [3.8, 4) is 5.75 Å². The van der Waals surface area contributed by atoms with Crippen molar-refractivity contribution < 1.29 is 23.8 Å². The van der Waals surface area contributed by atoms with E-state index >= 15 is 0 Å². The second-order valence-corrected chi connectivity index (χ2v) is 8.85. The Balaban J connectivity index is 1.89. The number of likely N-dealkylation sites (tertiary alicyclic amines) is 1. The summed E-state index contributed by atoms with van der Waals surface area (Å²) in [4.78, 5) is 28.1. The van der Waals surface area contributed by atoms with Crippen LogP contribution >= 0.6 is 27.3 Å². The van der Waals surface area contributed by atoms with Crippen molar-refractivity contribution in [3.63, 3.8) is 0 Å². The molecule has 1 aliphatic rings. The maximum Gasteiger partial charge on any atom is 0.295 e. The first-order valence-electron chi connectivity index (χ1n) is 9.31. The van der Waals surface area contributed by atoms with Crippen LogP contribution in [0.15, 0.2) is 70.0 Å². The van der Waals surface area contributed by atoms with Crippen LogP contribution in [-0.2, 0) is 16.1 Å². The lowest BCUT2D eigenvalue weighted by molar-refractivity contribution is -0.140. The van der Waals surface area contributed by atoms with Gasteiger partial charge in [-0.05, 0) is 53.9 Å². The van der Waals surface area contributed by atoms with E-state index < -0.39 is 23.5 Å². The molecule has 0 bridgehead atoms. The zero-order chi connectivity index (χ0) is 22.1. The molecule has 1 atom stereocenters. The monoisotopic (exact) mass is 501 g/mol. The van der Waals surface area contributed by atoms with E-state index in [9.17, 15) is 19.1 Å². The number of methoxy groups -OCH3 is 1. The predicted octanol–water partition coefficient (Wildman–Crippen LogP) is 5.28. The highest BCUT2D eigenvalue weighted by Crippen LogP contribution is 2.42. The summed E-state index contributed by atoms with van der Waals surface area (Å²) in [5, 5.41) is 12.9. The fraction of sp³-hybridized carbons (Fsp3) is 0.130. The van der Waals surface area contributed by atoms with Crippen LogP contribution < -0.4 is 4.74 Å². The second kappa shape index (κ2) is 8.64. The van der Waals surface area contributed by atoms with Gasteiger partial charge in [-0.15, -0.1) is 11.3 Å². The first kappa shape index (κ1) is 21.3. The number of carbonyl (C=O) groups excluding carboxylic acids is 2. The van der Waals surface area contributed by atoms with Gasteiger partial charge in [0, 0.05) is 20.5 Å². The standard InChI is InChI=1S/C23H17BrFNO4S/c1-30-15-7-4-13(5-8-15)21(27)19-20(17-11-14(24)6-9-18(17)25)26(23(29)22(19)28)12-16-3-2-10-31-16/h2-11,20,27H,12H2,1H3/b21-19+. The SMILES string of the molecule is COc1ccc(/C(O)=C2\C(=O)C(=O)N(Cc3cccs3)C2c2cc(Br)ccc2F)cc1. The molecule has 1 amide bonds. The highest BCUT2D eigenvalue weighted by atomic mass is 79.9. The molecule has 2 heterocycles. The number of ketones is 1. The van der Waals surface area contributed by atoms with Gasteiger partial charge in [-0.25, -0.2) is 4.39 Å². The number of amides is 1. The average Bonchev–Trinajstić information content (AvgIpc) is 3.37. The maximum atomic E-state index is 14.9. The van der Waals surface area contributed by atoms with Crippen LogP contribution in [0, 0.1) is 5.82 Å². The fourth-order valence-corrected chi connectivity index (χ4v) is 4.65. The summed E-state index contributed by atoms with van der Waals surface area (Å²) in [5.41, 5.74) is 0.305. The number of aliphatic hydroxyl groups is 1. The molecule has 1 fully saturated rings. The lowest BCUT2D eigenvalue weighted by atomic mass is 9.95. The van der Waals surface area contributed by atoms with E-state index in [0.717, 1.165) is 4.88 Å². The number of thiophene rings is 1. The molecular weight excluding hydrogens is 485 g/mol. The van der Waals surface area contributed by atoms with Crippen molar-refractivity contribution in [3.05, 3.63) is 91.8 Å². The molecule has 0 saturated carbocycles. The van der Waals surface area contributed by atoms with Crippen LogP contribution in [0.2, 0.25) is 0 Å². The maximum absolute atomic E-state index is 14.9. The van der Waals surface area contributed by atoms with Gasteiger partial charge in [-0.3, -0.25) is 9.59 Å². The normalized spacial score (nSPS) is 17.9. The van der Waals surface area contributed by atoms with Crippen LogP contribution in [0.25, 0.3) is 5.76 Å². The molecule has 1 aromatic heterocycles. The molecule has 8 heteroatoms. The third-order valence-electron chi connectivity index (χ3n) is 5.06. The largest absolute Gasteiger partial charge is 0.507 e. The molecule has 3 aromatic rings. The van der Waals surface area contributed by atoms with Crippen LogP contribution in [-0.4, -0.2) is 28.8 Å². The minimum Gasteiger partial charge on any atom is -0.507 e. The molecule has 5 nitrogen and oxygen atoms in total. The topological polar surface area (TPSA) is 66.8 Å².